The van der Waals surface area contributed by atoms with Crippen LogP contribution >= 0.6 is 0 Å². The number of carboxylic acid groups (broad SMARTS) is 1. The van der Waals surface area contributed by atoms with E-state index in [1.165, 1.54) is 24.0 Å². The number of halogens is 4. The molecule has 4 amide bonds. The molecule has 0 spiro atoms. The molecule has 20 heteroatoms. The van der Waals surface area contributed by atoms with Gasteiger partial charge in [-0.15, -0.1) is 0 Å². The standard InChI is InChI=1S/C51H62F4N10O6/c1-26(2)42(60-50(68)71-6)48(66)63-22-10-12-36(63)46-56-30-16-14-28(24-32(30)58-46)34-18-19-35(65(34)45-40(54)38(52)44(39(53)41(45)55)62-20-8-7-9-21-62)29-15-17-31-33(25-29)59-47(57-31)37-13-11-23-64(37)49(67)43(27(3)4)61(5)51(69)70/h14-17,24-27,34-37,42-43H,7-13,18-23H2,1-6H3,(H,56,58)(H,57,59)(H,60,68)(H,69,70)/t34-,35-,36+,37+,42+,43+/m1/s1. The van der Waals surface area contributed by atoms with Crippen LogP contribution in [0.1, 0.15) is 132 Å². The van der Waals surface area contributed by atoms with Gasteiger partial charge >= 0.3 is 12.2 Å². The molecule has 4 aliphatic heterocycles. The van der Waals surface area contributed by atoms with Crippen molar-refractivity contribution < 1.29 is 46.6 Å². The van der Waals surface area contributed by atoms with E-state index >= 15 is 17.6 Å². The first-order valence-corrected chi connectivity index (χ1v) is 24.8. The van der Waals surface area contributed by atoms with Crippen molar-refractivity contribution in [3.63, 3.8) is 0 Å². The van der Waals surface area contributed by atoms with E-state index in [0.717, 1.165) is 11.3 Å². The minimum Gasteiger partial charge on any atom is -0.465 e. The largest absolute Gasteiger partial charge is 0.465 e. The molecular weight excluding hydrogens is 925 g/mol. The molecule has 0 unspecified atom stereocenters. The van der Waals surface area contributed by atoms with E-state index in [-0.39, 0.29) is 36.7 Å². The van der Waals surface area contributed by atoms with Crippen LogP contribution in [0.15, 0.2) is 36.4 Å². The Bertz CT molecular complexity index is 2820. The van der Waals surface area contributed by atoms with Crippen LogP contribution in [0.25, 0.3) is 22.1 Å². The molecule has 380 valence electrons. The van der Waals surface area contributed by atoms with E-state index in [0.29, 0.717) is 109 Å². The molecule has 9 rings (SSSR count). The van der Waals surface area contributed by atoms with Crippen molar-refractivity contribution in [1.82, 2.24) is 40.0 Å². The topological polar surface area (TPSA) is 183 Å². The number of carbonyl (C=O) groups is 4. The summed E-state index contributed by atoms with van der Waals surface area (Å²) in [6.07, 6.45) is 3.46. The maximum Gasteiger partial charge on any atom is 0.407 e. The van der Waals surface area contributed by atoms with Gasteiger partial charge in [0.05, 0.1) is 53.3 Å². The molecule has 16 nitrogen and oxygen atoms in total. The predicted molar refractivity (Wildman–Crippen MR) is 258 cm³/mol. The lowest BCUT2D eigenvalue weighted by atomic mass is 10.0. The van der Waals surface area contributed by atoms with Crippen LogP contribution in [0.4, 0.5) is 38.5 Å². The zero-order valence-corrected chi connectivity index (χ0v) is 40.9. The number of ether oxygens (including phenoxy) is 1. The average molecular weight is 987 g/mol. The number of likely N-dealkylation sites (tertiary alicyclic amines) is 2. The van der Waals surface area contributed by atoms with Gasteiger partial charge in [0.15, 0.2) is 23.3 Å². The van der Waals surface area contributed by atoms with Crippen LogP contribution in [0.3, 0.4) is 0 Å². The van der Waals surface area contributed by atoms with E-state index < -0.39 is 83.1 Å². The molecule has 6 heterocycles. The highest BCUT2D eigenvalue weighted by molar-refractivity contribution is 5.87. The van der Waals surface area contributed by atoms with E-state index in [9.17, 15) is 24.3 Å². The molecule has 0 bridgehead atoms. The number of aromatic amines is 2. The van der Waals surface area contributed by atoms with Gasteiger partial charge < -0.3 is 44.7 Å². The fourth-order valence-corrected chi connectivity index (χ4v) is 11.5. The summed E-state index contributed by atoms with van der Waals surface area (Å²) in [6.45, 7) is 8.67. The average Bonchev–Trinajstić information content (AvgIpc) is 4.21. The lowest BCUT2D eigenvalue weighted by Gasteiger charge is -2.35. The third-order valence-corrected chi connectivity index (χ3v) is 15.0. The SMILES string of the molecule is COC(=O)N[C@H](C(=O)N1CCC[C@H]1c1nc2ccc([C@H]3CC[C@H](c4ccc5nc([C@@H]6CCCN6C(=O)[C@H](C(C)C)N(C)C(=O)O)[nH]c5c4)N3c3c(F)c(F)c(N4CCCCC4)c(F)c3F)cc2[nH]1)C(C)C. The van der Waals surface area contributed by atoms with Gasteiger partial charge in [0, 0.05) is 33.2 Å². The van der Waals surface area contributed by atoms with E-state index in [1.807, 2.05) is 26.0 Å². The van der Waals surface area contributed by atoms with Crippen molar-refractivity contribution in [3.05, 3.63) is 82.4 Å². The number of benzene rings is 3. The Labute approximate surface area is 409 Å². The van der Waals surface area contributed by atoms with Gasteiger partial charge in [0.25, 0.3) is 0 Å². The summed E-state index contributed by atoms with van der Waals surface area (Å²) in [5.74, 6) is -5.93. The minimum atomic E-state index is -1.48. The number of piperidine rings is 1. The van der Waals surface area contributed by atoms with Crippen molar-refractivity contribution in [3.8, 4) is 0 Å². The number of hydrogen-bond donors (Lipinski definition) is 4. The van der Waals surface area contributed by atoms with Crippen LogP contribution in [0.2, 0.25) is 0 Å². The monoisotopic (exact) mass is 986 g/mol. The second-order valence-corrected chi connectivity index (χ2v) is 20.1. The number of alkyl carbamates (subject to hydrolysis) is 1. The summed E-state index contributed by atoms with van der Waals surface area (Å²) >= 11 is 0. The molecule has 4 N–H and O–H groups in total. The number of methoxy groups -OCH3 is 1. The van der Waals surface area contributed by atoms with E-state index in [1.54, 1.807) is 47.9 Å². The number of carbonyl (C=O) groups excluding carboxylic acids is 3. The van der Waals surface area contributed by atoms with Gasteiger partial charge in [-0.25, -0.2) is 37.1 Å². The number of nitrogens with one attached hydrogen (secondary N) is 3. The first kappa shape index (κ1) is 49.4. The summed E-state index contributed by atoms with van der Waals surface area (Å²) < 4.78 is 71.6. The number of aromatic nitrogens is 4. The van der Waals surface area contributed by atoms with Crippen LogP contribution in [0.5, 0.6) is 0 Å². The molecule has 0 radical (unpaired) electrons. The van der Waals surface area contributed by atoms with Gasteiger partial charge in [0.1, 0.15) is 35.1 Å². The lowest BCUT2D eigenvalue weighted by Crippen LogP contribution is -2.51. The number of fused-ring (bicyclic) bond motifs is 2. The Morgan fingerprint density at radius 1 is 0.676 bits per heavy atom. The first-order valence-electron chi connectivity index (χ1n) is 24.8. The Kier molecular flexibility index (Phi) is 13.8. The van der Waals surface area contributed by atoms with Crippen LogP contribution in [-0.4, -0.2) is 116 Å². The fraction of sp³-hybridized carbons (Fsp3) is 0.529. The number of likely N-dealkylation sites (N-methyl/N-ethyl adjacent to an activating group) is 1. The second kappa shape index (κ2) is 19.9. The number of imidazole rings is 2. The zero-order chi connectivity index (χ0) is 50.6. The first-order chi connectivity index (χ1) is 34.0. The van der Waals surface area contributed by atoms with E-state index in [2.05, 4.69) is 15.3 Å². The normalized spacial score (nSPS) is 21.5. The Balaban J connectivity index is 1.07. The molecule has 4 aliphatic rings. The maximum absolute atomic E-state index is 16.9. The molecule has 2 aromatic heterocycles. The van der Waals surface area contributed by atoms with Gasteiger partial charge in [-0.1, -0.05) is 39.8 Å². The Morgan fingerprint density at radius 3 is 1.63 bits per heavy atom. The van der Waals surface area contributed by atoms with Gasteiger partial charge in [-0.05, 0) is 105 Å². The van der Waals surface area contributed by atoms with Crippen molar-refractivity contribution >= 4 is 57.4 Å². The predicted octanol–water partition coefficient (Wildman–Crippen LogP) is 9.41. The fourth-order valence-electron chi connectivity index (χ4n) is 11.5. The van der Waals surface area contributed by atoms with Gasteiger partial charge in [0.2, 0.25) is 11.8 Å². The number of rotatable bonds is 12. The van der Waals surface area contributed by atoms with Gasteiger partial charge in [-0.3, -0.25) is 14.5 Å². The number of amides is 4. The highest BCUT2D eigenvalue weighted by atomic mass is 19.2. The quantitative estimate of drug-likeness (QED) is 0.0694. The molecule has 0 aliphatic carbocycles. The molecule has 3 aromatic carbocycles. The molecule has 4 fully saturated rings. The Morgan fingerprint density at radius 2 is 1.17 bits per heavy atom. The molecule has 71 heavy (non-hydrogen) atoms. The van der Waals surface area contributed by atoms with Crippen LogP contribution in [0, 0.1) is 35.1 Å². The number of hydrogen-bond acceptors (Lipinski definition) is 9. The third-order valence-electron chi connectivity index (χ3n) is 15.0. The Hall–Kier alpha value is -6.60. The minimum absolute atomic E-state index is 0.228. The summed E-state index contributed by atoms with van der Waals surface area (Å²) in [4.78, 5) is 75.7. The van der Waals surface area contributed by atoms with Crippen molar-refractivity contribution in [2.75, 3.05) is 50.1 Å². The highest BCUT2D eigenvalue weighted by Crippen LogP contribution is 2.51. The molecular formula is C51H62F4N10O6. The van der Waals surface area contributed by atoms with Crippen molar-refractivity contribution in [2.45, 2.75) is 122 Å². The molecule has 5 aromatic rings. The molecule has 6 atom stereocenters. The number of nitrogens with zero attached hydrogens (tertiary/aromatic N) is 7. The number of anilines is 2. The second-order valence-electron chi connectivity index (χ2n) is 20.1. The summed E-state index contributed by atoms with van der Waals surface area (Å²) in [7, 11) is 2.62. The van der Waals surface area contributed by atoms with Gasteiger partial charge in [-0.2, -0.15) is 0 Å². The number of H-pyrrole nitrogens is 2. The third kappa shape index (κ3) is 9.06. The molecule has 0 saturated carbocycles. The van der Waals surface area contributed by atoms with Crippen molar-refractivity contribution in [2.24, 2.45) is 11.8 Å². The molecule has 4 saturated heterocycles. The zero-order valence-electron chi connectivity index (χ0n) is 40.9. The smallest absolute Gasteiger partial charge is 0.407 e. The summed E-state index contributed by atoms with van der Waals surface area (Å²) in [5, 5.41) is 12.4. The van der Waals surface area contributed by atoms with E-state index in [4.69, 9.17) is 14.7 Å². The summed E-state index contributed by atoms with van der Waals surface area (Å²) in [6, 6.07) is 6.60. The van der Waals surface area contributed by atoms with Crippen LogP contribution < -0.4 is 15.1 Å². The lowest BCUT2D eigenvalue weighted by molar-refractivity contribution is -0.138. The highest BCUT2D eigenvalue weighted by Gasteiger charge is 2.44. The summed E-state index contributed by atoms with van der Waals surface area (Å²) in [5.41, 5.74) is 2.01. The maximum atomic E-state index is 16.9. The van der Waals surface area contributed by atoms with Crippen LogP contribution in [-0.2, 0) is 14.3 Å². The van der Waals surface area contributed by atoms with Crippen molar-refractivity contribution in [1.29, 1.82) is 0 Å².